The standard InChI is InChI=1S/C3H6O.C2H4.Zr/c1-3(2)4;1-2;/h1-2H3;1-2H2;. The molecule has 0 fully saturated rings. The van der Waals surface area contributed by atoms with Gasteiger partial charge in [0, 0.05) is 26.2 Å². The van der Waals surface area contributed by atoms with Crippen LogP contribution in [0.2, 0.25) is 0 Å². The molecule has 0 radical (unpaired) electrons. The van der Waals surface area contributed by atoms with Crippen LogP contribution in [-0.2, 0) is 31.0 Å². The second-order valence-electron chi connectivity index (χ2n) is 0.908. The molecule has 0 unspecified atom stereocenters. The zero-order valence-corrected chi connectivity index (χ0v) is 7.28. The quantitative estimate of drug-likeness (QED) is 0.511. The van der Waals surface area contributed by atoms with E-state index in [0.717, 1.165) is 0 Å². The molecule has 0 aliphatic heterocycles. The number of Topliss-reactive ketones (excluding diaryl/α,β-unsaturated/α-hetero) is 1. The second kappa shape index (κ2) is 16.3. The zero-order valence-electron chi connectivity index (χ0n) is 4.82. The van der Waals surface area contributed by atoms with Gasteiger partial charge in [-0.05, 0) is 13.8 Å². The summed E-state index contributed by atoms with van der Waals surface area (Å²) in [7, 11) is 0. The van der Waals surface area contributed by atoms with E-state index in [-0.39, 0.29) is 32.0 Å². The summed E-state index contributed by atoms with van der Waals surface area (Å²) in [5.74, 6) is 0.167. The van der Waals surface area contributed by atoms with Gasteiger partial charge in [-0.2, -0.15) is 0 Å². The molecule has 0 rings (SSSR count). The van der Waals surface area contributed by atoms with Crippen LogP contribution < -0.4 is 0 Å². The molecular weight excluding hydrogens is 167 g/mol. The van der Waals surface area contributed by atoms with E-state index in [1.165, 1.54) is 13.8 Å². The molecule has 0 saturated carbocycles. The van der Waals surface area contributed by atoms with Gasteiger partial charge in [0.15, 0.2) is 0 Å². The summed E-state index contributed by atoms with van der Waals surface area (Å²) in [6.45, 7) is 9.06. The number of ketones is 1. The summed E-state index contributed by atoms with van der Waals surface area (Å²) in [6, 6.07) is 0. The molecule has 0 aliphatic rings. The van der Waals surface area contributed by atoms with Crippen molar-refractivity contribution in [1.29, 1.82) is 0 Å². The maximum Gasteiger partial charge on any atom is 0.126 e. The van der Waals surface area contributed by atoms with E-state index >= 15 is 0 Å². The Balaban J connectivity index is -0.0000000480. The Bertz CT molecular complexity index is 39.3. The van der Waals surface area contributed by atoms with Crippen LogP contribution in [0.4, 0.5) is 0 Å². The minimum Gasteiger partial charge on any atom is -0.300 e. The Kier molecular flexibility index (Phi) is 36.4. The SMILES string of the molecule is C=C.CC(C)=O.[Zr]. The van der Waals surface area contributed by atoms with Crippen LogP contribution in [0.1, 0.15) is 13.8 Å². The van der Waals surface area contributed by atoms with Crippen LogP contribution in [0.15, 0.2) is 13.2 Å². The van der Waals surface area contributed by atoms with E-state index in [9.17, 15) is 4.79 Å². The molecule has 0 aromatic rings. The molecule has 0 bridgehead atoms. The van der Waals surface area contributed by atoms with Crippen molar-refractivity contribution in [2.75, 3.05) is 0 Å². The van der Waals surface area contributed by atoms with Crippen molar-refractivity contribution in [3.05, 3.63) is 13.2 Å². The first kappa shape index (κ1) is 15.7. The molecular formula is C5H10OZr. The molecule has 0 atom stereocenters. The monoisotopic (exact) mass is 176 g/mol. The minimum atomic E-state index is 0. The van der Waals surface area contributed by atoms with Gasteiger partial charge in [-0.3, -0.25) is 0 Å². The van der Waals surface area contributed by atoms with Crippen LogP contribution in [0, 0.1) is 0 Å². The fraction of sp³-hybridized carbons (Fsp3) is 0.400. The van der Waals surface area contributed by atoms with Crippen molar-refractivity contribution in [3.63, 3.8) is 0 Å². The summed E-state index contributed by atoms with van der Waals surface area (Å²) < 4.78 is 0. The Hall–Kier alpha value is 0.293. The van der Waals surface area contributed by atoms with Crippen LogP contribution >= 0.6 is 0 Å². The molecule has 0 aromatic heterocycles. The smallest absolute Gasteiger partial charge is 0.126 e. The summed E-state index contributed by atoms with van der Waals surface area (Å²) in [6.07, 6.45) is 0. The molecule has 0 amide bonds. The molecule has 0 aromatic carbocycles. The molecule has 0 N–H and O–H groups in total. The van der Waals surface area contributed by atoms with Crippen molar-refractivity contribution in [2.45, 2.75) is 13.8 Å². The molecule has 7 heavy (non-hydrogen) atoms. The van der Waals surface area contributed by atoms with Crippen molar-refractivity contribution in [3.8, 4) is 0 Å². The van der Waals surface area contributed by atoms with Gasteiger partial charge in [-0.1, -0.05) is 0 Å². The van der Waals surface area contributed by atoms with E-state index in [1.54, 1.807) is 0 Å². The Morgan fingerprint density at radius 1 is 1.29 bits per heavy atom. The minimum absolute atomic E-state index is 0. The van der Waals surface area contributed by atoms with Gasteiger partial charge >= 0.3 is 0 Å². The van der Waals surface area contributed by atoms with Crippen molar-refractivity contribution < 1.29 is 31.0 Å². The van der Waals surface area contributed by atoms with E-state index in [4.69, 9.17) is 0 Å². The average Bonchev–Trinajstić information content (AvgIpc) is 1.41. The summed E-state index contributed by atoms with van der Waals surface area (Å²) >= 11 is 0. The Labute approximate surface area is 63.9 Å². The first-order valence-corrected chi connectivity index (χ1v) is 1.70. The largest absolute Gasteiger partial charge is 0.300 e. The van der Waals surface area contributed by atoms with Crippen LogP contribution in [0.5, 0.6) is 0 Å². The first-order chi connectivity index (χ1) is 2.73. The average molecular weight is 177 g/mol. The molecule has 40 valence electrons. The number of hydrogen-bond acceptors (Lipinski definition) is 1. The summed E-state index contributed by atoms with van der Waals surface area (Å²) in [4.78, 5) is 9.44. The number of carbonyl (C=O) groups excluding carboxylic acids is 1. The summed E-state index contributed by atoms with van der Waals surface area (Å²) in [5, 5.41) is 0. The predicted octanol–water partition coefficient (Wildman–Crippen LogP) is 1.40. The Morgan fingerprint density at radius 3 is 1.29 bits per heavy atom. The van der Waals surface area contributed by atoms with E-state index in [0.29, 0.717) is 0 Å². The zero-order chi connectivity index (χ0) is 5.58. The fourth-order valence-electron chi connectivity index (χ4n) is 0. The maximum absolute atomic E-state index is 9.44. The molecule has 0 spiro atoms. The van der Waals surface area contributed by atoms with Gasteiger partial charge in [0.1, 0.15) is 5.78 Å². The van der Waals surface area contributed by atoms with E-state index < -0.39 is 0 Å². The molecule has 1 nitrogen and oxygen atoms in total. The third-order valence-electron chi connectivity index (χ3n) is 0. The third-order valence-corrected chi connectivity index (χ3v) is 0. The number of rotatable bonds is 0. The first-order valence-electron chi connectivity index (χ1n) is 1.70. The van der Waals surface area contributed by atoms with Gasteiger partial charge < -0.3 is 4.79 Å². The van der Waals surface area contributed by atoms with Gasteiger partial charge in [-0.15, -0.1) is 13.2 Å². The molecule has 0 aliphatic carbocycles. The number of hydrogen-bond donors (Lipinski definition) is 0. The molecule has 2 heteroatoms. The van der Waals surface area contributed by atoms with Crippen LogP contribution in [0.25, 0.3) is 0 Å². The topological polar surface area (TPSA) is 17.1 Å². The van der Waals surface area contributed by atoms with E-state index in [2.05, 4.69) is 13.2 Å². The Morgan fingerprint density at radius 2 is 1.29 bits per heavy atom. The second-order valence-corrected chi connectivity index (χ2v) is 0.908. The molecule has 0 saturated heterocycles. The van der Waals surface area contributed by atoms with Crippen LogP contribution in [-0.4, -0.2) is 5.78 Å². The van der Waals surface area contributed by atoms with E-state index in [1.807, 2.05) is 0 Å². The van der Waals surface area contributed by atoms with Crippen molar-refractivity contribution >= 4 is 5.78 Å². The predicted molar refractivity (Wildman–Crippen MR) is 27.6 cm³/mol. The number of carbonyl (C=O) groups is 1. The van der Waals surface area contributed by atoms with Crippen molar-refractivity contribution in [2.24, 2.45) is 0 Å². The summed E-state index contributed by atoms with van der Waals surface area (Å²) in [5.41, 5.74) is 0. The van der Waals surface area contributed by atoms with Gasteiger partial charge in [0.2, 0.25) is 0 Å². The third kappa shape index (κ3) is 1350. The fourth-order valence-corrected chi connectivity index (χ4v) is 0. The van der Waals surface area contributed by atoms with Crippen LogP contribution in [0.3, 0.4) is 0 Å². The van der Waals surface area contributed by atoms with Gasteiger partial charge in [-0.25, -0.2) is 0 Å². The molecule has 0 heterocycles. The normalized spacial score (nSPS) is 4.29. The van der Waals surface area contributed by atoms with Crippen molar-refractivity contribution in [1.82, 2.24) is 0 Å². The van der Waals surface area contributed by atoms with Gasteiger partial charge in [0.25, 0.3) is 0 Å². The van der Waals surface area contributed by atoms with Gasteiger partial charge in [0.05, 0.1) is 0 Å². The maximum atomic E-state index is 9.44.